The van der Waals surface area contributed by atoms with Gasteiger partial charge in [-0.05, 0) is 18.1 Å². The molecule has 0 aromatic carbocycles. The Labute approximate surface area is 84.3 Å². The number of hydrogen-bond acceptors (Lipinski definition) is 4. The Morgan fingerprint density at radius 2 is 2.15 bits per heavy atom. The van der Waals surface area contributed by atoms with Crippen LogP contribution in [0.4, 0.5) is 0 Å². The number of nitrogens with two attached hydrogens (primary N) is 1. The molecular formula is C9H19NO2S. The lowest BCUT2D eigenvalue weighted by molar-refractivity contribution is 0.0641. The van der Waals surface area contributed by atoms with E-state index in [0.717, 1.165) is 18.8 Å². The van der Waals surface area contributed by atoms with Crippen LogP contribution in [0.2, 0.25) is 0 Å². The number of thioether (sulfide) groups is 1. The quantitative estimate of drug-likeness (QED) is 0.649. The Bertz CT molecular complexity index is 135. The van der Waals surface area contributed by atoms with Crippen molar-refractivity contribution in [1.29, 1.82) is 0 Å². The number of rotatable bonds is 6. The van der Waals surface area contributed by atoms with Crippen molar-refractivity contribution in [3.63, 3.8) is 0 Å². The minimum atomic E-state index is 0.385. The zero-order chi connectivity index (χ0) is 9.52. The molecule has 0 aromatic heterocycles. The summed E-state index contributed by atoms with van der Waals surface area (Å²) in [5.74, 6) is 2.98. The molecule has 0 bridgehead atoms. The second-order valence-corrected chi connectivity index (χ2v) is 4.43. The summed E-state index contributed by atoms with van der Waals surface area (Å²) in [5, 5.41) is 0. The molecule has 1 fully saturated rings. The third-order valence-corrected chi connectivity index (χ3v) is 3.60. The van der Waals surface area contributed by atoms with Gasteiger partial charge in [-0.1, -0.05) is 0 Å². The molecule has 4 heteroatoms. The van der Waals surface area contributed by atoms with Crippen LogP contribution < -0.4 is 5.73 Å². The van der Waals surface area contributed by atoms with E-state index in [2.05, 4.69) is 0 Å². The average Bonchev–Trinajstić information content (AvgIpc) is 2.52. The molecule has 0 amide bonds. The highest BCUT2D eigenvalue weighted by atomic mass is 32.2. The molecule has 1 aliphatic heterocycles. The Hall–Kier alpha value is 0.230. The normalized spacial score (nSPS) is 28.2. The van der Waals surface area contributed by atoms with Crippen LogP contribution in [0.5, 0.6) is 0 Å². The Morgan fingerprint density at radius 3 is 2.77 bits per heavy atom. The van der Waals surface area contributed by atoms with Crippen LogP contribution in [0.25, 0.3) is 0 Å². The minimum Gasteiger partial charge on any atom is -0.382 e. The van der Waals surface area contributed by atoms with Crippen molar-refractivity contribution in [3.8, 4) is 0 Å². The van der Waals surface area contributed by atoms with E-state index in [1.54, 1.807) is 7.11 Å². The maximum atomic E-state index is 5.92. The summed E-state index contributed by atoms with van der Waals surface area (Å²) in [4.78, 5) is 0. The van der Waals surface area contributed by atoms with Gasteiger partial charge in [-0.15, -0.1) is 0 Å². The van der Waals surface area contributed by atoms with Crippen molar-refractivity contribution in [3.05, 3.63) is 0 Å². The van der Waals surface area contributed by atoms with Crippen molar-refractivity contribution in [1.82, 2.24) is 0 Å². The van der Waals surface area contributed by atoms with Gasteiger partial charge in [0.1, 0.15) is 0 Å². The highest BCUT2D eigenvalue weighted by Gasteiger charge is 2.23. The molecule has 1 saturated heterocycles. The van der Waals surface area contributed by atoms with Crippen LogP contribution in [0.3, 0.4) is 0 Å². The summed E-state index contributed by atoms with van der Waals surface area (Å²) in [7, 11) is 1.69. The molecule has 2 N–H and O–H groups in total. The molecular weight excluding hydrogens is 186 g/mol. The van der Waals surface area contributed by atoms with Gasteiger partial charge < -0.3 is 15.2 Å². The fourth-order valence-corrected chi connectivity index (χ4v) is 2.79. The van der Waals surface area contributed by atoms with Gasteiger partial charge in [0.2, 0.25) is 0 Å². The van der Waals surface area contributed by atoms with Crippen LogP contribution in [-0.4, -0.2) is 44.5 Å². The largest absolute Gasteiger partial charge is 0.382 e. The molecule has 0 spiro atoms. The second kappa shape index (κ2) is 6.65. The standard InChI is InChI=1S/C9H19NO2S/c1-11-4-5-12-3-2-8-6-13-7-9(8)10/h8-9H,2-7,10H2,1H3. The van der Waals surface area contributed by atoms with Crippen LogP contribution >= 0.6 is 11.8 Å². The van der Waals surface area contributed by atoms with Gasteiger partial charge in [-0.2, -0.15) is 11.8 Å². The SMILES string of the molecule is COCCOCCC1CSCC1N. The summed E-state index contributed by atoms with van der Waals surface area (Å²) in [6, 6.07) is 0.385. The number of ether oxygens (including phenoxy) is 2. The third kappa shape index (κ3) is 4.31. The summed E-state index contributed by atoms with van der Waals surface area (Å²) in [5.41, 5.74) is 5.92. The van der Waals surface area contributed by atoms with Crippen LogP contribution in [0.1, 0.15) is 6.42 Å². The van der Waals surface area contributed by atoms with Gasteiger partial charge >= 0.3 is 0 Å². The first-order valence-corrected chi connectivity index (χ1v) is 5.90. The molecule has 0 radical (unpaired) electrons. The van der Waals surface area contributed by atoms with E-state index >= 15 is 0 Å². The highest BCUT2D eigenvalue weighted by molar-refractivity contribution is 7.99. The Kier molecular flexibility index (Phi) is 5.78. The van der Waals surface area contributed by atoms with E-state index in [9.17, 15) is 0 Å². The van der Waals surface area contributed by atoms with E-state index < -0.39 is 0 Å². The molecule has 1 aliphatic rings. The Morgan fingerprint density at radius 1 is 1.31 bits per heavy atom. The van der Waals surface area contributed by atoms with Gasteiger partial charge in [0.15, 0.2) is 0 Å². The van der Waals surface area contributed by atoms with Crippen molar-refractivity contribution in [2.24, 2.45) is 11.7 Å². The molecule has 13 heavy (non-hydrogen) atoms. The fraction of sp³-hybridized carbons (Fsp3) is 1.00. The Balaban J connectivity index is 1.93. The maximum absolute atomic E-state index is 5.92. The van der Waals surface area contributed by atoms with E-state index in [-0.39, 0.29) is 0 Å². The van der Waals surface area contributed by atoms with E-state index in [4.69, 9.17) is 15.2 Å². The van der Waals surface area contributed by atoms with Crippen LogP contribution in [0, 0.1) is 5.92 Å². The first kappa shape index (κ1) is 11.3. The first-order valence-electron chi connectivity index (χ1n) is 4.74. The molecule has 0 aliphatic carbocycles. The molecule has 1 rings (SSSR count). The number of methoxy groups -OCH3 is 1. The summed E-state index contributed by atoms with van der Waals surface area (Å²) in [6.45, 7) is 2.21. The predicted molar refractivity (Wildman–Crippen MR) is 56.1 cm³/mol. The lowest BCUT2D eigenvalue weighted by Gasteiger charge is -2.13. The lowest BCUT2D eigenvalue weighted by atomic mass is 10.0. The summed E-state index contributed by atoms with van der Waals surface area (Å²) >= 11 is 1.95. The smallest absolute Gasteiger partial charge is 0.0700 e. The topological polar surface area (TPSA) is 44.5 Å². The molecule has 0 aromatic rings. The zero-order valence-corrected chi connectivity index (χ0v) is 9.02. The lowest BCUT2D eigenvalue weighted by Crippen LogP contribution is -2.29. The molecule has 2 atom stereocenters. The van der Waals surface area contributed by atoms with E-state index in [0.29, 0.717) is 25.2 Å². The van der Waals surface area contributed by atoms with Crippen molar-refractivity contribution < 1.29 is 9.47 Å². The molecule has 0 saturated carbocycles. The number of hydrogen-bond donors (Lipinski definition) is 1. The van der Waals surface area contributed by atoms with Gasteiger partial charge in [-0.25, -0.2) is 0 Å². The minimum absolute atomic E-state index is 0.385. The van der Waals surface area contributed by atoms with E-state index in [1.807, 2.05) is 11.8 Å². The van der Waals surface area contributed by atoms with E-state index in [1.165, 1.54) is 5.75 Å². The monoisotopic (exact) mass is 205 g/mol. The molecule has 1 heterocycles. The van der Waals surface area contributed by atoms with Crippen LogP contribution in [0.15, 0.2) is 0 Å². The molecule has 2 unspecified atom stereocenters. The second-order valence-electron chi connectivity index (χ2n) is 3.36. The van der Waals surface area contributed by atoms with Gasteiger partial charge in [0.05, 0.1) is 13.2 Å². The van der Waals surface area contributed by atoms with Gasteiger partial charge in [0, 0.05) is 25.5 Å². The third-order valence-electron chi connectivity index (χ3n) is 2.31. The average molecular weight is 205 g/mol. The van der Waals surface area contributed by atoms with Crippen molar-refractivity contribution in [2.75, 3.05) is 38.4 Å². The molecule has 78 valence electrons. The van der Waals surface area contributed by atoms with Crippen molar-refractivity contribution >= 4 is 11.8 Å². The molecule has 3 nitrogen and oxygen atoms in total. The van der Waals surface area contributed by atoms with Crippen LogP contribution in [-0.2, 0) is 9.47 Å². The summed E-state index contributed by atoms with van der Waals surface area (Å²) < 4.78 is 10.3. The zero-order valence-electron chi connectivity index (χ0n) is 8.20. The van der Waals surface area contributed by atoms with Gasteiger partial charge in [-0.3, -0.25) is 0 Å². The predicted octanol–water partition coefficient (Wildman–Crippen LogP) is 0.730. The highest BCUT2D eigenvalue weighted by Crippen LogP contribution is 2.25. The van der Waals surface area contributed by atoms with Gasteiger partial charge in [0.25, 0.3) is 0 Å². The van der Waals surface area contributed by atoms with Crippen molar-refractivity contribution in [2.45, 2.75) is 12.5 Å². The summed E-state index contributed by atoms with van der Waals surface area (Å²) in [6.07, 6.45) is 1.10. The maximum Gasteiger partial charge on any atom is 0.0700 e. The fourth-order valence-electron chi connectivity index (χ4n) is 1.39. The first-order chi connectivity index (χ1) is 6.34.